The van der Waals surface area contributed by atoms with Crippen molar-refractivity contribution in [1.82, 2.24) is 0 Å². The van der Waals surface area contributed by atoms with Crippen LogP contribution in [0.15, 0.2) is 22.7 Å². The molecule has 0 spiro atoms. The van der Waals surface area contributed by atoms with Crippen molar-refractivity contribution < 1.29 is 9.84 Å². The van der Waals surface area contributed by atoms with Crippen LogP contribution in [0.2, 0.25) is 0 Å². The van der Waals surface area contributed by atoms with E-state index < -0.39 is 6.10 Å². The Kier molecular flexibility index (Phi) is 6.00. The van der Waals surface area contributed by atoms with Gasteiger partial charge in [-0.1, -0.05) is 42.6 Å². The monoisotopic (exact) mass is 300 g/mol. The summed E-state index contributed by atoms with van der Waals surface area (Å²) in [7, 11) is 0. The molecule has 2 nitrogen and oxygen atoms in total. The molecule has 0 heterocycles. The van der Waals surface area contributed by atoms with E-state index in [9.17, 15) is 5.11 Å². The molecule has 0 bridgehead atoms. The summed E-state index contributed by atoms with van der Waals surface area (Å²) in [6.45, 7) is 6.82. The predicted octanol–water partition coefficient (Wildman–Crippen LogP) is 4.32. The molecule has 1 aromatic carbocycles. The van der Waals surface area contributed by atoms with E-state index >= 15 is 0 Å². The van der Waals surface area contributed by atoms with Gasteiger partial charge < -0.3 is 9.84 Å². The molecule has 17 heavy (non-hydrogen) atoms. The molecule has 0 aliphatic heterocycles. The normalized spacial score (nSPS) is 12.8. The van der Waals surface area contributed by atoms with Crippen LogP contribution < -0.4 is 4.74 Å². The van der Waals surface area contributed by atoms with Crippen molar-refractivity contribution in [3.63, 3.8) is 0 Å². The maximum absolute atomic E-state index is 9.71. The summed E-state index contributed by atoms with van der Waals surface area (Å²) in [5.74, 6) is 1.37. The third-order valence-electron chi connectivity index (χ3n) is 3.05. The second kappa shape index (κ2) is 7.02. The number of hydrogen-bond donors (Lipinski definition) is 1. The average molecular weight is 301 g/mol. The van der Waals surface area contributed by atoms with E-state index in [0.717, 1.165) is 28.6 Å². The summed E-state index contributed by atoms with van der Waals surface area (Å²) < 4.78 is 6.78. The molecule has 0 fully saturated rings. The lowest BCUT2D eigenvalue weighted by Gasteiger charge is -2.17. The number of rotatable bonds is 6. The first kappa shape index (κ1) is 14.5. The van der Waals surface area contributed by atoms with Crippen molar-refractivity contribution in [2.24, 2.45) is 5.92 Å². The fourth-order valence-electron chi connectivity index (χ4n) is 1.71. The highest BCUT2D eigenvalue weighted by molar-refractivity contribution is 9.10. The van der Waals surface area contributed by atoms with E-state index in [1.54, 1.807) is 6.92 Å². The number of aliphatic hydroxyl groups excluding tert-OH is 1. The fourth-order valence-corrected chi connectivity index (χ4v) is 2.09. The van der Waals surface area contributed by atoms with Crippen molar-refractivity contribution in [1.29, 1.82) is 0 Å². The highest BCUT2D eigenvalue weighted by Crippen LogP contribution is 2.29. The quantitative estimate of drug-likeness (QED) is 0.848. The van der Waals surface area contributed by atoms with E-state index in [-0.39, 0.29) is 0 Å². The minimum absolute atomic E-state index is 0.510. The minimum atomic E-state index is -0.510. The minimum Gasteiger partial charge on any atom is -0.493 e. The van der Waals surface area contributed by atoms with Crippen LogP contribution in [0.4, 0.5) is 0 Å². The molecule has 0 aliphatic carbocycles. The zero-order valence-electron chi connectivity index (χ0n) is 10.7. The molecule has 96 valence electrons. The number of ether oxygens (including phenoxy) is 1. The standard InChI is InChI=1S/C14H21BrO2/c1-4-11(5-2)9-17-14-7-6-12(15)8-13(14)10(3)16/h6-8,10-11,16H,4-5,9H2,1-3H3. The van der Waals surface area contributed by atoms with Gasteiger partial charge in [-0.25, -0.2) is 0 Å². The molecule has 0 amide bonds. The average Bonchev–Trinajstić information content (AvgIpc) is 2.31. The molecule has 0 saturated heterocycles. The first-order valence-electron chi connectivity index (χ1n) is 6.18. The third kappa shape index (κ3) is 4.32. The van der Waals surface area contributed by atoms with Gasteiger partial charge in [-0.05, 0) is 31.0 Å². The second-order valence-corrected chi connectivity index (χ2v) is 5.27. The lowest BCUT2D eigenvalue weighted by Crippen LogP contribution is -2.11. The molecule has 3 heteroatoms. The molecule has 1 rings (SSSR count). The van der Waals surface area contributed by atoms with Crippen LogP contribution in [0.3, 0.4) is 0 Å². The molecular weight excluding hydrogens is 280 g/mol. The van der Waals surface area contributed by atoms with Gasteiger partial charge in [0, 0.05) is 10.0 Å². The van der Waals surface area contributed by atoms with E-state index in [2.05, 4.69) is 29.8 Å². The van der Waals surface area contributed by atoms with Crippen LogP contribution in [0.1, 0.15) is 45.3 Å². The van der Waals surface area contributed by atoms with Gasteiger partial charge in [0.05, 0.1) is 12.7 Å². The summed E-state index contributed by atoms with van der Waals surface area (Å²) in [6, 6.07) is 5.76. The lowest BCUT2D eigenvalue weighted by molar-refractivity contribution is 0.184. The Balaban J connectivity index is 2.76. The van der Waals surface area contributed by atoms with Gasteiger partial charge in [-0.15, -0.1) is 0 Å². The zero-order chi connectivity index (χ0) is 12.8. The molecule has 0 saturated carbocycles. The predicted molar refractivity (Wildman–Crippen MR) is 74.3 cm³/mol. The van der Waals surface area contributed by atoms with Crippen molar-refractivity contribution in [3.8, 4) is 5.75 Å². The van der Waals surface area contributed by atoms with Crippen LogP contribution in [-0.2, 0) is 0 Å². The summed E-state index contributed by atoms with van der Waals surface area (Å²) >= 11 is 3.41. The van der Waals surface area contributed by atoms with Crippen molar-refractivity contribution >= 4 is 15.9 Å². The maximum atomic E-state index is 9.71. The number of aliphatic hydroxyl groups is 1. The van der Waals surface area contributed by atoms with Crippen LogP contribution >= 0.6 is 15.9 Å². The molecule has 0 aromatic heterocycles. The highest BCUT2D eigenvalue weighted by atomic mass is 79.9. The Morgan fingerprint density at radius 2 is 1.94 bits per heavy atom. The molecule has 0 aliphatic rings. The first-order valence-corrected chi connectivity index (χ1v) is 6.98. The SMILES string of the molecule is CCC(CC)COc1ccc(Br)cc1C(C)O. The topological polar surface area (TPSA) is 29.5 Å². The largest absolute Gasteiger partial charge is 0.493 e. The number of halogens is 1. The fraction of sp³-hybridized carbons (Fsp3) is 0.571. The highest BCUT2D eigenvalue weighted by Gasteiger charge is 2.11. The summed E-state index contributed by atoms with van der Waals surface area (Å²) in [5.41, 5.74) is 0.838. The number of hydrogen-bond acceptors (Lipinski definition) is 2. The first-order chi connectivity index (χ1) is 8.08. The van der Waals surface area contributed by atoms with E-state index in [0.29, 0.717) is 12.5 Å². The summed E-state index contributed by atoms with van der Waals surface area (Å²) in [5, 5.41) is 9.71. The lowest BCUT2D eigenvalue weighted by atomic mass is 10.1. The van der Waals surface area contributed by atoms with Crippen molar-refractivity contribution in [2.75, 3.05) is 6.61 Å². The van der Waals surface area contributed by atoms with Gasteiger partial charge in [0.2, 0.25) is 0 Å². The Hall–Kier alpha value is -0.540. The molecular formula is C14H21BrO2. The van der Waals surface area contributed by atoms with Crippen LogP contribution in [0, 0.1) is 5.92 Å². The van der Waals surface area contributed by atoms with Gasteiger partial charge in [-0.3, -0.25) is 0 Å². The molecule has 1 N–H and O–H groups in total. The van der Waals surface area contributed by atoms with Gasteiger partial charge in [0.25, 0.3) is 0 Å². The van der Waals surface area contributed by atoms with Crippen LogP contribution in [0.5, 0.6) is 5.75 Å². The maximum Gasteiger partial charge on any atom is 0.125 e. The van der Waals surface area contributed by atoms with Crippen LogP contribution in [0.25, 0.3) is 0 Å². The summed E-state index contributed by atoms with van der Waals surface area (Å²) in [4.78, 5) is 0. The smallest absolute Gasteiger partial charge is 0.125 e. The van der Waals surface area contributed by atoms with E-state index in [4.69, 9.17) is 4.74 Å². The second-order valence-electron chi connectivity index (χ2n) is 4.35. The van der Waals surface area contributed by atoms with Crippen LogP contribution in [-0.4, -0.2) is 11.7 Å². The van der Waals surface area contributed by atoms with Gasteiger partial charge in [0.1, 0.15) is 5.75 Å². The Morgan fingerprint density at radius 3 is 2.47 bits per heavy atom. The van der Waals surface area contributed by atoms with E-state index in [1.807, 2.05) is 18.2 Å². The third-order valence-corrected chi connectivity index (χ3v) is 3.54. The summed E-state index contributed by atoms with van der Waals surface area (Å²) in [6.07, 6.45) is 1.73. The molecule has 1 unspecified atom stereocenters. The van der Waals surface area contributed by atoms with Gasteiger partial charge in [-0.2, -0.15) is 0 Å². The zero-order valence-corrected chi connectivity index (χ0v) is 12.3. The van der Waals surface area contributed by atoms with Crippen molar-refractivity contribution in [3.05, 3.63) is 28.2 Å². The Labute approximate surface area is 112 Å². The van der Waals surface area contributed by atoms with Gasteiger partial charge in [0.15, 0.2) is 0 Å². The Morgan fingerprint density at radius 1 is 1.29 bits per heavy atom. The Bertz CT molecular complexity index is 346. The molecule has 1 atom stereocenters. The van der Waals surface area contributed by atoms with Gasteiger partial charge >= 0.3 is 0 Å². The molecule has 0 radical (unpaired) electrons. The van der Waals surface area contributed by atoms with Crippen molar-refractivity contribution in [2.45, 2.75) is 39.7 Å². The number of benzene rings is 1. The van der Waals surface area contributed by atoms with E-state index in [1.165, 1.54) is 0 Å². The molecule has 1 aromatic rings.